The lowest BCUT2D eigenvalue weighted by Gasteiger charge is -2.10. The molecule has 0 atom stereocenters. The maximum atomic E-state index is 6.03. The first-order valence-electron chi connectivity index (χ1n) is 6.35. The van der Waals surface area contributed by atoms with Crippen LogP contribution in [-0.2, 0) is 5.75 Å². The van der Waals surface area contributed by atoms with Gasteiger partial charge in [0.1, 0.15) is 10.0 Å². The summed E-state index contributed by atoms with van der Waals surface area (Å²) in [6.45, 7) is 4.20. The Morgan fingerprint density at radius 2 is 2.19 bits per heavy atom. The first-order valence-corrected chi connectivity index (χ1v) is 8.49. The molecule has 0 radical (unpaired) electrons. The number of rotatable bonds is 4. The molecule has 0 saturated heterocycles. The molecule has 7 heteroatoms. The van der Waals surface area contributed by atoms with Crippen LogP contribution in [0.4, 0.5) is 0 Å². The number of aryl methyl sites for hydroxylation is 2. The SMILES string of the molecule is Cc1ccc(-n2ccnc2SCc2nnsc2Cl)c(C)c1. The Morgan fingerprint density at radius 3 is 2.90 bits per heavy atom. The van der Waals surface area contributed by atoms with Crippen molar-refractivity contribution in [2.45, 2.75) is 24.8 Å². The van der Waals surface area contributed by atoms with E-state index < -0.39 is 0 Å². The molecule has 2 heterocycles. The minimum atomic E-state index is 0.645. The number of hydrogen-bond donors (Lipinski definition) is 0. The van der Waals surface area contributed by atoms with E-state index >= 15 is 0 Å². The molecule has 0 bridgehead atoms. The molecule has 1 aromatic carbocycles. The Kier molecular flexibility index (Phi) is 4.28. The number of nitrogens with zero attached hydrogens (tertiary/aromatic N) is 4. The molecule has 0 amide bonds. The van der Waals surface area contributed by atoms with E-state index in [1.54, 1.807) is 11.8 Å². The van der Waals surface area contributed by atoms with Gasteiger partial charge in [-0.15, -0.1) is 5.10 Å². The maximum Gasteiger partial charge on any atom is 0.172 e. The van der Waals surface area contributed by atoms with Crippen molar-refractivity contribution < 1.29 is 0 Å². The summed E-state index contributed by atoms with van der Waals surface area (Å²) in [5.74, 6) is 0.664. The van der Waals surface area contributed by atoms with Gasteiger partial charge in [-0.3, -0.25) is 4.57 Å². The molecule has 3 rings (SSSR count). The zero-order valence-electron chi connectivity index (χ0n) is 11.6. The monoisotopic (exact) mass is 336 g/mol. The van der Waals surface area contributed by atoms with Gasteiger partial charge in [0.05, 0.1) is 5.69 Å². The smallest absolute Gasteiger partial charge is 0.172 e. The van der Waals surface area contributed by atoms with Crippen LogP contribution in [0.3, 0.4) is 0 Å². The molecule has 21 heavy (non-hydrogen) atoms. The van der Waals surface area contributed by atoms with Crippen LogP contribution >= 0.6 is 34.9 Å². The summed E-state index contributed by atoms with van der Waals surface area (Å²) in [6, 6.07) is 6.40. The molecule has 0 fully saturated rings. The Labute approximate surface area is 136 Å². The fourth-order valence-electron chi connectivity index (χ4n) is 2.07. The summed E-state index contributed by atoms with van der Waals surface area (Å²) in [5.41, 5.74) is 4.43. The molecule has 0 N–H and O–H groups in total. The molecule has 0 aliphatic heterocycles. The number of hydrogen-bond acceptors (Lipinski definition) is 5. The topological polar surface area (TPSA) is 43.6 Å². The van der Waals surface area contributed by atoms with Gasteiger partial charge in [-0.25, -0.2) is 4.98 Å². The summed E-state index contributed by atoms with van der Waals surface area (Å²) in [4.78, 5) is 4.42. The average molecular weight is 337 g/mol. The maximum absolute atomic E-state index is 6.03. The largest absolute Gasteiger partial charge is 0.295 e. The summed E-state index contributed by atoms with van der Waals surface area (Å²) in [7, 11) is 0. The number of benzene rings is 1. The lowest BCUT2D eigenvalue weighted by molar-refractivity contribution is 0.886. The van der Waals surface area contributed by atoms with Crippen LogP contribution in [0.1, 0.15) is 16.8 Å². The Bertz CT molecular complexity index is 766. The van der Waals surface area contributed by atoms with Gasteiger partial charge in [-0.05, 0) is 25.5 Å². The van der Waals surface area contributed by atoms with E-state index in [0.29, 0.717) is 10.1 Å². The lowest BCUT2D eigenvalue weighted by atomic mass is 10.1. The average Bonchev–Trinajstić information content (AvgIpc) is 3.05. The molecule has 2 aromatic heterocycles. The zero-order chi connectivity index (χ0) is 14.8. The van der Waals surface area contributed by atoms with Crippen LogP contribution in [0.5, 0.6) is 0 Å². The highest BCUT2D eigenvalue weighted by Crippen LogP contribution is 2.28. The minimum absolute atomic E-state index is 0.645. The van der Waals surface area contributed by atoms with Gasteiger partial charge in [-0.2, -0.15) is 0 Å². The molecule has 0 saturated carbocycles. The summed E-state index contributed by atoms with van der Waals surface area (Å²) in [5, 5.41) is 4.95. The highest BCUT2D eigenvalue weighted by Gasteiger charge is 2.11. The van der Waals surface area contributed by atoms with Crippen molar-refractivity contribution in [3.63, 3.8) is 0 Å². The molecular formula is C14H13ClN4S2. The van der Waals surface area contributed by atoms with E-state index in [1.165, 1.54) is 22.7 Å². The summed E-state index contributed by atoms with van der Waals surface area (Å²) < 4.78 is 6.58. The van der Waals surface area contributed by atoms with Crippen LogP contribution in [0.2, 0.25) is 4.34 Å². The van der Waals surface area contributed by atoms with Crippen LogP contribution in [0.15, 0.2) is 35.7 Å². The first kappa shape index (κ1) is 14.6. The molecule has 4 nitrogen and oxygen atoms in total. The fraction of sp³-hybridized carbons (Fsp3) is 0.214. The molecule has 0 aliphatic carbocycles. The number of thioether (sulfide) groups is 1. The van der Waals surface area contributed by atoms with Crippen molar-refractivity contribution in [2.24, 2.45) is 0 Å². The van der Waals surface area contributed by atoms with Gasteiger partial charge in [0, 0.05) is 29.7 Å². The zero-order valence-corrected chi connectivity index (χ0v) is 14.0. The van der Waals surface area contributed by atoms with Gasteiger partial charge in [0.2, 0.25) is 0 Å². The molecule has 0 spiro atoms. The molecule has 0 aliphatic rings. The van der Waals surface area contributed by atoms with Gasteiger partial charge < -0.3 is 0 Å². The van der Waals surface area contributed by atoms with Crippen molar-refractivity contribution in [3.05, 3.63) is 51.7 Å². The first-order chi connectivity index (χ1) is 10.1. The Hall–Kier alpha value is -1.37. The quantitative estimate of drug-likeness (QED) is 0.667. The van der Waals surface area contributed by atoms with Gasteiger partial charge >= 0.3 is 0 Å². The van der Waals surface area contributed by atoms with Crippen molar-refractivity contribution in [3.8, 4) is 5.69 Å². The normalized spacial score (nSPS) is 11.0. The second-order valence-corrected chi connectivity index (χ2v) is 6.95. The molecule has 108 valence electrons. The van der Waals surface area contributed by atoms with Gasteiger partial charge in [-0.1, -0.05) is 45.5 Å². The van der Waals surface area contributed by atoms with Crippen molar-refractivity contribution >= 4 is 34.9 Å². The molecule has 3 aromatic rings. The van der Waals surface area contributed by atoms with Crippen LogP contribution in [0, 0.1) is 13.8 Å². The summed E-state index contributed by atoms with van der Waals surface area (Å²) in [6.07, 6.45) is 3.78. The number of imidazole rings is 1. The predicted octanol–water partition coefficient (Wildman–Crippen LogP) is 4.29. The second kappa shape index (κ2) is 6.17. The third kappa shape index (κ3) is 3.12. The Balaban J connectivity index is 1.85. The van der Waals surface area contributed by atoms with E-state index in [1.807, 2.05) is 12.4 Å². The third-order valence-electron chi connectivity index (χ3n) is 3.07. The van der Waals surface area contributed by atoms with E-state index in [9.17, 15) is 0 Å². The summed E-state index contributed by atoms with van der Waals surface area (Å²) >= 11 is 8.85. The van der Waals surface area contributed by atoms with E-state index in [4.69, 9.17) is 11.6 Å². The van der Waals surface area contributed by atoms with Crippen molar-refractivity contribution in [1.29, 1.82) is 0 Å². The standard InChI is InChI=1S/C14H13ClN4S2/c1-9-3-4-12(10(2)7-9)19-6-5-16-14(19)20-8-11-13(15)21-18-17-11/h3-7H,8H2,1-2H3. The van der Waals surface area contributed by atoms with Crippen LogP contribution < -0.4 is 0 Å². The highest BCUT2D eigenvalue weighted by atomic mass is 35.5. The lowest BCUT2D eigenvalue weighted by Crippen LogP contribution is -1.98. The second-order valence-electron chi connectivity index (χ2n) is 4.65. The van der Waals surface area contributed by atoms with Gasteiger partial charge in [0.15, 0.2) is 5.16 Å². The predicted molar refractivity (Wildman–Crippen MR) is 87.5 cm³/mol. The molecule has 0 unspecified atom stereocenters. The van der Waals surface area contributed by atoms with Crippen LogP contribution in [-0.4, -0.2) is 19.1 Å². The van der Waals surface area contributed by atoms with E-state index in [2.05, 4.69) is 51.2 Å². The van der Waals surface area contributed by atoms with E-state index in [0.717, 1.165) is 16.5 Å². The Morgan fingerprint density at radius 1 is 1.33 bits per heavy atom. The highest BCUT2D eigenvalue weighted by molar-refractivity contribution is 7.98. The van der Waals surface area contributed by atoms with Gasteiger partial charge in [0.25, 0.3) is 0 Å². The van der Waals surface area contributed by atoms with Crippen molar-refractivity contribution in [2.75, 3.05) is 0 Å². The van der Waals surface area contributed by atoms with Crippen molar-refractivity contribution in [1.82, 2.24) is 19.1 Å². The third-order valence-corrected chi connectivity index (χ3v) is 5.03. The van der Waals surface area contributed by atoms with E-state index in [-0.39, 0.29) is 0 Å². The number of halogens is 1. The van der Waals surface area contributed by atoms with Crippen LogP contribution in [0.25, 0.3) is 5.69 Å². The number of aromatic nitrogens is 4. The molecular weight excluding hydrogens is 324 g/mol. The minimum Gasteiger partial charge on any atom is -0.295 e. The fourth-order valence-corrected chi connectivity index (χ4v) is 3.77.